The average Bonchev–Trinajstić information content (AvgIpc) is 3.36. The number of anilines is 2. The molecule has 1 aliphatic carbocycles. The van der Waals surface area contributed by atoms with Crippen LogP contribution in [-0.4, -0.2) is 23.7 Å². The van der Waals surface area contributed by atoms with Crippen LogP contribution in [0.3, 0.4) is 0 Å². The lowest BCUT2D eigenvalue weighted by Gasteiger charge is -2.13. The van der Waals surface area contributed by atoms with Crippen molar-refractivity contribution in [1.82, 2.24) is 0 Å². The Bertz CT molecular complexity index is 1290. The highest BCUT2D eigenvalue weighted by atomic mass is 32.1. The number of hydrogen-bond donors (Lipinski definition) is 1. The van der Waals surface area contributed by atoms with E-state index in [0.717, 1.165) is 48.2 Å². The van der Waals surface area contributed by atoms with Gasteiger partial charge in [-0.05, 0) is 69.4 Å². The smallest absolute Gasteiger partial charge is 0.261 e. The van der Waals surface area contributed by atoms with E-state index in [0.29, 0.717) is 16.3 Å². The Morgan fingerprint density at radius 3 is 2.59 bits per heavy atom. The van der Waals surface area contributed by atoms with Gasteiger partial charge in [0.1, 0.15) is 10.9 Å². The topological polar surface area (TPSA) is 74.1 Å². The van der Waals surface area contributed by atoms with E-state index in [-0.39, 0.29) is 11.8 Å². The lowest BCUT2D eigenvalue weighted by molar-refractivity contribution is -0.118. The number of aryl methyl sites for hydroxylation is 2. The van der Waals surface area contributed by atoms with Crippen molar-refractivity contribution in [2.24, 2.45) is 16.0 Å². The van der Waals surface area contributed by atoms with E-state index in [1.165, 1.54) is 9.89 Å². The van der Waals surface area contributed by atoms with E-state index >= 15 is 0 Å². The highest BCUT2D eigenvalue weighted by Gasteiger charge is 2.33. The van der Waals surface area contributed by atoms with Crippen LogP contribution in [0.25, 0.3) is 0 Å². The molecular weight excluding hydrogens is 444 g/mol. The Labute approximate surface area is 203 Å². The van der Waals surface area contributed by atoms with Gasteiger partial charge in [-0.3, -0.25) is 9.59 Å². The van der Waals surface area contributed by atoms with Crippen molar-refractivity contribution in [2.75, 3.05) is 10.3 Å². The molecule has 3 aromatic rings. The maximum atomic E-state index is 13.3. The van der Waals surface area contributed by atoms with Crippen LogP contribution < -0.4 is 10.3 Å². The zero-order valence-corrected chi connectivity index (χ0v) is 20.1. The highest BCUT2D eigenvalue weighted by Crippen LogP contribution is 2.40. The number of fused-ring (bicyclic) bond motifs is 1. The standard InChI is InChI=1S/C27H26N4O2S/c1-17-12-14-19(15-13-17)29-25(32)24-21-10-6-7-11-23(21)34-26(24)28-16-22-18(2)30-31(27(22)33)20-8-4-3-5-9-20/h3-5,8-9,12-16,22H,6-7,10-11H2,1-2H3,(H,29,32)/t22-/m0/s1. The van der Waals surface area contributed by atoms with Crippen molar-refractivity contribution in [1.29, 1.82) is 0 Å². The minimum absolute atomic E-state index is 0.139. The molecule has 1 atom stereocenters. The fourth-order valence-electron chi connectivity index (χ4n) is 4.35. The maximum Gasteiger partial charge on any atom is 0.261 e. The predicted octanol–water partition coefficient (Wildman–Crippen LogP) is 5.93. The zero-order chi connectivity index (χ0) is 23.7. The lowest BCUT2D eigenvalue weighted by Crippen LogP contribution is -2.27. The van der Waals surface area contributed by atoms with Crippen LogP contribution in [0.15, 0.2) is 64.7 Å². The second kappa shape index (κ2) is 9.35. The largest absolute Gasteiger partial charge is 0.322 e. The summed E-state index contributed by atoms with van der Waals surface area (Å²) >= 11 is 1.56. The summed E-state index contributed by atoms with van der Waals surface area (Å²) in [6.45, 7) is 3.85. The molecule has 0 radical (unpaired) electrons. The van der Waals surface area contributed by atoms with Gasteiger partial charge in [-0.15, -0.1) is 11.3 Å². The Morgan fingerprint density at radius 1 is 1.09 bits per heavy atom. The average molecular weight is 471 g/mol. The van der Waals surface area contributed by atoms with Gasteiger partial charge in [0.2, 0.25) is 0 Å². The fraction of sp³-hybridized carbons (Fsp3) is 0.259. The molecule has 1 aliphatic heterocycles. The quantitative estimate of drug-likeness (QED) is 0.470. The van der Waals surface area contributed by atoms with Gasteiger partial charge in [-0.2, -0.15) is 10.1 Å². The number of nitrogens with one attached hydrogen (secondary N) is 1. The van der Waals surface area contributed by atoms with E-state index in [2.05, 4.69) is 10.4 Å². The molecule has 0 bridgehead atoms. The summed E-state index contributed by atoms with van der Waals surface area (Å²) in [6.07, 6.45) is 5.67. The number of amides is 2. The van der Waals surface area contributed by atoms with E-state index in [1.807, 2.05) is 68.4 Å². The third-order valence-corrected chi connectivity index (χ3v) is 7.41. The molecule has 1 N–H and O–H groups in total. The molecule has 7 heteroatoms. The number of thiophene rings is 1. The molecule has 2 aromatic carbocycles. The normalized spacial score (nSPS) is 17.7. The molecule has 1 aromatic heterocycles. The van der Waals surface area contributed by atoms with E-state index < -0.39 is 5.92 Å². The van der Waals surface area contributed by atoms with Crippen molar-refractivity contribution >= 4 is 51.5 Å². The summed E-state index contributed by atoms with van der Waals surface area (Å²) in [5.74, 6) is -0.837. The monoisotopic (exact) mass is 470 g/mol. The summed E-state index contributed by atoms with van der Waals surface area (Å²) in [4.78, 5) is 32.3. The van der Waals surface area contributed by atoms with Crippen LogP contribution in [0.5, 0.6) is 0 Å². The molecule has 0 saturated heterocycles. The summed E-state index contributed by atoms with van der Waals surface area (Å²) in [7, 11) is 0. The molecule has 0 saturated carbocycles. The number of hydrazone groups is 1. The third kappa shape index (κ3) is 4.31. The van der Waals surface area contributed by atoms with Crippen molar-refractivity contribution in [3.63, 3.8) is 0 Å². The van der Waals surface area contributed by atoms with Crippen molar-refractivity contribution in [2.45, 2.75) is 39.5 Å². The van der Waals surface area contributed by atoms with E-state index in [1.54, 1.807) is 17.6 Å². The summed E-state index contributed by atoms with van der Waals surface area (Å²) < 4.78 is 0. The van der Waals surface area contributed by atoms with Crippen molar-refractivity contribution in [3.05, 3.63) is 76.2 Å². The first-order valence-electron chi connectivity index (χ1n) is 11.5. The van der Waals surface area contributed by atoms with E-state index in [9.17, 15) is 9.59 Å². The molecule has 2 heterocycles. The second-order valence-corrected chi connectivity index (χ2v) is 9.78. The number of benzene rings is 2. The van der Waals surface area contributed by atoms with Crippen LogP contribution in [0.4, 0.5) is 16.4 Å². The van der Waals surface area contributed by atoms with Gasteiger partial charge in [-0.1, -0.05) is 35.9 Å². The molecular formula is C27H26N4O2S. The molecule has 34 heavy (non-hydrogen) atoms. The Kier molecular flexibility index (Phi) is 6.11. The predicted molar refractivity (Wildman–Crippen MR) is 139 cm³/mol. The van der Waals surface area contributed by atoms with Gasteiger partial charge < -0.3 is 5.32 Å². The lowest BCUT2D eigenvalue weighted by atomic mass is 9.95. The zero-order valence-electron chi connectivity index (χ0n) is 19.2. The Morgan fingerprint density at radius 2 is 1.82 bits per heavy atom. The van der Waals surface area contributed by atoms with Gasteiger partial charge >= 0.3 is 0 Å². The van der Waals surface area contributed by atoms with Gasteiger partial charge in [0.25, 0.3) is 11.8 Å². The van der Waals surface area contributed by atoms with Gasteiger partial charge in [0, 0.05) is 16.8 Å². The van der Waals surface area contributed by atoms with Gasteiger partial charge in [-0.25, -0.2) is 4.99 Å². The summed E-state index contributed by atoms with van der Waals surface area (Å²) in [6, 6.07) is 17.1. The number of aliphatic imine (C=N–C) groups is 1. The molecule has 0 spiro atoms. The number of nitrogens with zero attached hydrogens (tertiary/aromatic N) is 3. The molecule has 5 rings (SSSR count). The van der Waals surface area contributed by atoms with Gasteiger partial charge in [0.15, 0.2) is 0 Å². The number of rotatable bonds is 5. The van der Waals surface area contributed by atoms with E-state index in [4.69, 9.17) is 4.99 Å². The molecule has 2 aliphatic rings. The highest BCUT2D eigenvalue weighted by molar-refractivity contribution is 7.16. The minimum atomic E-state index is -0.549. The molecule has 6 nitrogen and oxygen atoms in total. The first-order chi connectivity index (χ1) is 16.5. The number of carbonyl (C=O) groups is 2. The van der Waals surface area contributed by atoms with Crippen molar-refractivity contribution < 1.29 is 9.59 Å². The molecule has 172 valence electrons. The Hall–Kier alpha value is -3.58. The minimum Gasteiger partial charge on any atom is -0.322 e. The number of hydrogen-bond acceptors (Lipinski definition) is 5. The molecule has 0 fully saturated rings. The fourth-order valence-corrected chi connectivity index (χ4v) is 5.59. The third-order valence-electron chi connectivity index (χ3n) is 6.21. The van der Waals surface area contributed by atoms with Crippen LogP contribution >= 0.6 is 11.3 Å². The number of para-hydroxylation sites is 1. The number of carbonyl (C=O) groups excluding carboxylic acids is 2. The van der Waals surface area contributed by atoms with Crippen LogP contribution in [0, 0.1) is 12.8 Å². The van der Waals surface area contributed by atoms with Crippen LogP contribution in [0.1, 0.15) is 46.1 Å². The first-order valence-corrected chi connectivity index (χ1v) is 12.3. The maximum absolute atomic E-state index is 13.3. The summed E-state index contributed by atoms with van der Waals surface area (Å²) in [5.41, 5.74) is 5.04. The van der Waals surface area contributed by atoms with Crippen LogP contribution in [0.2, 0.25) is 0 Å². The molecule has 0 unspecified atom stereocenters. The van der Waals surface area contributed by atoms with Crippen LogP contribution in [-0.2, 0) is 17.6 Å². The summed E-state index contributed by atoms with van der Waals surface area (Å²) in [5, 5.41) is 9.57. The first kappa shape index (κ1) is 22.2. The van der Waals surface area contributed by atoms with Crippen molar-refractivity contribution in [3.8, 4) is 0 Å². The Balaban J connectivity index is 1.43. The van der Waals surface area contributed by atoms with Gasteiger partial charge in [0.05, 0.1) is 17.0 Å². The second-order valence-electron chi connectivity index (χ2n) is 8.69. The molecule has 2 amide bonds. The SMILES string of the molecule is CC1=NN(c2ccccc2)C(=O)[C@H]1C=Nc1sc2c(c1C(=O)Nc1ccc(C)cc1)CCCC2.